The Bertz CT molecular complexity index is 773. The van der Waals surface area contributed by atoms with Crippen LogP contribution >= 0.6 is 0 Å². The van der Waals surface area contributed by atoms with Gasteiger partial charge >= 0.3 is 5.97 Å². The number of aromatic hydroxyl groups is 1. The van der Waals surface area contributed by atoms with Gasteiger partial charge in [0.2, 0.25) is 0 Å². The summed E-state index contributed by atoms with van der Waals surface area (Å²) < 4.78 is 5.20. The number of phenolic OH excluding ortho intramolecular Hbond substituents is 1. The molecule has 5 heteroatoms. The van der Waals surface area contributed by atoms with Gasteiger partial charge in [0.1, 0.15) is 0 Å². The van der Waals surface area contributed by atoms with Crippen molar-refractivity contribution in [2.75, 3.05) is 6.54 Å². The summed E-state index contributed by atoms with van der Waals surface area (Å²) >= 11 is 0. The number of carbonyl (C=O) groups excluding carboxylic acids is 2. The predicted octanol–water partition coefficient (Wildman–Crippen LogP) is 3.49. The zero-order valence-corrected chi connectivity index (χ0v) is 14.9. The van der Waals surface area contributed by atoms with Gasteiger partial charge in [0, 0.05) is 11.1 Å². The number of nitrogens with one attached hydrogen (secondary N) is 1. The van der Waals surface area contributed by atoms with Crippen molar-refractivity contribution in [1.29, 1.82) is 0 Å². The highest BCUT2D eigenvalue weighted by Gasteiger charge is 2.16. The van der Waals surface area contributed by atoms with Crippen LogP contribution in [0.4, 0.5) is 0 Å². The molecule has 132 valence electrons. The molecule has 0 fully saturated rings. The van der Waals surface area contributed by atoms with Crippen LogP contribution in [0.5, 0.6) is 11.5 Å². The molecule has 5 nitrogen and oxygen atoms in total. The Morgan fingerprint density at radius 3 is 2.20 bits per heavy atom. The molecule has 0 heterocycles. The highest BCUT2D eigenvalue weighted by atomic mass is 16.5. The number of hydrogen-bond acceptors (Lipinski definition) is 5. The number of ether oxygens (including phenoxy) is 1. The summed E-state index contributed by atoms with van der Waals surface area (Å²) in [5.74, 6) is -0.946. The van der Waals surface area contributed by atoms with Crippen molar-refractivity contribution in [2.24, 2.45) is 0 Å². The molecule has 0 bridgehead atoms. The van der Waals surface area contributed by atoms with Crippen LogP contribution in [0.2, 0.25) is 0 Å². The molecule has 0 saturated heterocycles. The number of phenols is 1. The Hall–Kier alpha value is -2.66. The van der Waals surface area contributed by atoms with Gasteiger partial charge in [0.05, 0.1) is 12.1 Å². The maximum atomic E-state index is 12.1. The Kier molecular flexibility index (Phi) is 5.59. The van der Waals surface area contributed by atoms with E-state index in [1.807, 2.05) is 27.7 Å². The molecule has 0 aliphatic rings. The van der Waals surface area contributed by atoms with Crippen LogP contribution in [0, 0.1) is 6.92 Å². The summed E-state index contributed by atoms with van der Waals surface area (Å²) in [6, 6.07) is 11.2. The first-order valence-electron chi connectivity index (χ1n) is 8.06. The van der Waals surface area contributed by atoms with Gasteiger partial charge < -0.3 is 15.2 Å². The molecule has 2 aromatic carbocycles. The van der Waals surface area contributed by atoms with Crippen LogP contribution in [0.3, 0.4) is 0 Å². The Balaban J connectivity index is 2.07. The maximum Gasteiger partial charge on any atom is 0.343 e. The zero-order chi connectivity index (χ0) is 18.6. The second-order valence-electron chi connectivity index (χ2n) is 6.96. The van der Waals surface area contributed by atoms with Crippen molar-refractivity contribution in [3.8, 4) is 11.5 Å². The van der Waals surface area contributed by atoms with E-state index in [4.69, 9.17) is 4.74 Å². The molecule has 0 aliphatic heterocycles. The fourth-order valence-electron chi connectivity index (χ4n) is 2.07. The van der Waals surface area contributed by atoms with Crippen LogP contribution < -0.4 is 10.1 Å². The van der Waals surface area contributed by atoms with Crippen molar-refractivity contribution < 1.29 is 19.4 Å². The molecule has 0 unspecified atom stereocenters. The molecule has 0 amide bonds. The van der Waals surface area contributed by atoms with E-state index >= 15 is 0 Å². The lowest BCUT2D eigenvalue weighted by molar-refractivity contribution is 0.0729. The Labute approximate surface area is 147 Å². The number of ketones is 1. The predicted molar refractivity (Wildman–Crippen MR) is 96.3 cm³/mol. The van der Waals surface area contributed by atoms with Crippen LogP contribution in [-0.4, -0.2) is 28.9 Å². The first kappa shape index (κ1) is 18.7. The number of rotatable bonds is 5. The molecular formula is C20H23NO4. The van der Waals surface area contributed by atoms with Gasteiger partial charge in [-0.3, -0.25) is 4.79 Å². The SMILES string of the molecule is Cc1ccc(C(=O)Oc2ccc(C(=O)CNC(C)(C)C)cc2O)cc1. The van der Waals surface area contributed by atoms with Gasteiger partial charge in [-0.25, -0.2) is 4.79 Å². The third kappa shape index (κ3) is 5.43. The third-order valence-corrected chi connectivity index (χ3v) is 3.55. The Morgan fingerprint density at radius 1 is 1.04 bits per heavy atom. The van der Waals surface area contributed by atoms with E-state index in [1.165, 1.54) is 18.2 Å². The number of carbonyl (C=O) groups is 2. The molecule has 0 saturated carbocycles. The molecule has 0 aliphatic carbocycles. The molecule has 0 aromatic heterocycles. The lowest BCUT2D eigenvalue weighted by Crippen LogP contribution is -2.39. The van der Waals surface area contributed by atoms with Crippen LogP contribution in [0.1, 0.15) is 47.1 Å². The van der Waals surface area contributed by atoms with Crippen molar-refractivity contribution in [3.05, 3.63) is 59.2 Å². The minimum atomic E-state index is -0.566. The summed E-state index contributed by atoms with van der Waals surface area (Å²) in [6.45, 7) is 7.97. The minimum Gasteiger partial charge on any atom is -0.504 e. The minimum absolute atomic E-state index is 0.0194. The normalized spacial score (nSPS) is 11.2. The van der Waals surface area contributed by atoms with Crippen molar-refractivity contribution in [1.82, 2.24) is 5.32 Å². The highest BCUT2D eigenvalue weighted by Crippen LogP contribution is 2.28. The van der Waals surface area contributed by atoms with Crippen molar-refractivity contribution in [2.45, 2.75) is 33.2 Å². The van der Waals surface area contributed by atoms with Crippen molar-refractivity contribution in [3.63, 3.8) is 0 Å². The van der Waals surface area contributed by atoms with Crippen molar-refractivity contribution >= 4 is 11.8 Å². The topological polar surface area (TPSA) is 75.6 Å². The lowest BCUT2D eigenvalue weighted by atomic mass is 10.1. The number of hydrogen-bond donors (Lipinski definition) is 2. The summed E-state index contributed by atoms with van der Waals surface area (Å²) in [7, 11) is 0. The van der Waals surface area contributed by atoms with Crippen LogP contribution in [0.25, 0.3) is 0 Å². The summed E-state index contributed by atoms with van der Waals surface area (Å²) in [6.07, 6.45) is 0. The number of esters is 1. The number of Topliss-reactive ketones (excluding diaryl/α,β-unsaturated/α-hetero) is 1. The standard InChI is InChI=1S/C20H23NO4/c1-13-5-7-14(8-6-13)19(24)25-18-10-9-15(11-16(18)22)17(23)12-21-20(2,3)4/h5-11,21-22H,12H2,1-4H3. The number of benzene rings is 2. The molecule has 2 N–H and O–H groups in total. The average Bonchev–Trinajstić information content (AvgIpc) is 2.54. The van der Waals surface area contributed by atoms with E-state index in [1.54, 1.807) is 24.3 Å². The van der Waals surface area contributed by atoms with Crippen LogP contribution in [0.15, 0.2) is 42.5 Å². The monoisotopic (exact) mass is 341 g/mol. The maximum absolute atomic E-state index is 12.1. The summed E-state index contributed by atoms with van der Waals surface area (Å²) in [5.41, 5.74) is 1.59. The van der Waals surface area contributed by atoms with Gasteiger partial charge in [0.15, 0.2) is 17.3 Å². The highest BCUT2D eigenvalue weighted by molar-refractivity contribution is 5.98. The van der Waals surface area contributed by atoms with E-state index in [0.717, 1.165) is 5.56 Å². The molecule has 0 atom stereocenters. The van der Waals surface area contributed by atoms with E-state index in [2.05, 4.69) is 5.32 Å². The molecule has 0 spiro atoms. The second-order valence-corrected chi connectivity index (χ2v) is 6.96. The quantitative estimate of drug-likeness (QED) is 0.495. The average molecular weight is 341 g/mol. The van der Waals surface area contributed by atoms with Gasteiger partial charge in [0.25, 0.3) is 0 Å². The molecule has 2 rings (SSSR count). The smallest absolute Gasteiger partial charge is 0.343 e. The lowest BCUT2D eigenvalue weighted by Gasteiger charge is -2.19. The first-order chi connectivity index (χ1) is 11.7. The second kappa shape index (κ2) is 7.49. The fourth-order valence-corrected chi connectivity index (χ4v) is 2.07. The summed E-state index contributed by atoms with van der Waals surface area (Å²) in [4.78, 5) is 24.2. The zero-order valence-electron chi connectivity index (χ0n) is 14.9. The largest absolute Gasteiger partial charge is 0.504 e. The first-order valence-corrected chi connectivity index (χ1v) is 8.06. The fraction of sp³-hybridized carbons (Fsp3) is 0.300. The molecule has 25 heavy (non-hydrogen) atoms. The van der Waals surface area contributed by atoms with Gasteiger partial charge in [-0.2, -0.15) is 0 Å². The van der Waals surface area contributed by atoms with Gasteiger partial charge in [-0.15, -0.1) is 0 Å². The van der Waals surface area contributed by atoms with Gasteiger partial charge in [-0.1, -0.05) is 17.7 Å². The molecule has 2 aromatic rings. The third-order valence-electron chi connectivity index (χ3n) is 3.55. The van der Waals surface area contributed by atoms with Crippen LogP contribution in [-0.2, 0) is 0 Å². The van der Waals surface area contributed by atoms with E-state index in [9.17, 15) is 14.7 Å². The molecular weight excluding hydrogens is 318 g/mol. The van der Waals surface area contributed by atoms with E-state index in [0.29, 0.717) is 11.1 Å². The van der Waals surface area contributed by atoms with E-state index in [-0.39, 0.29) is 29.4 Å². The number of aryl methyl sites for hydroxylation is 1. The van der Waals surface area contributed by atoms with E-state index < -0.39 is 5.97 Å². The summed E-state index contributed by atoms with van der Waals surface area (Å²) in [5, 5.41) is 13.2. The van der Waals surface area contributed by atoms with Gasteiger partial charge in [-0.05, 0) is 58.0 Å². The Morgan fingerprint density at radius 2 is 1.64 bits per heavy atom. The molecule has 0 radical (unpaired) electrons.